The lowest BCUT2D eigenvalue weighted by molar-refractivity contribution is -0.135. The van der Waals surface area contributed by atoms with Crippen LogP contribution in [0.3, 0.4) is 0 Å². The lowest BCUT2D eigenvalue weighted by Crippen LogP contribution is -2.48. The van der Waals surface area contributed by atoms with E-state index in [9.17, 15) is 19.2 Å². The zero-order chi connectivity index (χ0) is 22.2. The van der Waals surface area contributed by atoms with E-state index in [0.29, 0.717) is 17.0 Å². The first-order valence-corrected chi connectivity index (χ1v) is 9.85. The highest BCUT2D eigenvalue weighted by Gasteiger charge is 2.55. The third kappa shape index (κ3) is 3.58. The predicted octanol–water partition coefficient (Wildman–Crippen LogP) is 2.18. The average Bonchev–Trinajstić information content (AvgIpc) is 2.96. The molecule has 0 aromatic heterocycles. The Morgan fingerprint density at radius 2 is 1.90 bits per heavy atom. The molecule has 1 spiro atoms. The molecule has 1 unspecified atom stereocenters. The number of amides is 6. The van der Waals surface area contributed by atoms with E-state index in [1.165, 1.54) is 0 Å². The number of para-hydroxylation sites is 1. The van der Waals surface area contributed by atoms with Gasteiger partial charge >= 0.3 is 12.1 Å². The van der Waals surface area contributed by atoms with Crippen molar-refractivity contribution >= 4 is 29.6 Å². The minimum Gasteiger partial charge on any atom is -0.493 e. The molecule has 2 aliphatic heterocycles. The number of ether oxygens (including phenoxy) is 1. The van der Waals surface area contributed by atoms with Gasteiger partial charge in [-0.25, -0.2) is 9.59 Å². The summed E-state index contributed by atoms with van der Waals surface area (Å²) in [6.07, 6.45) is 0.250. The number of urea groups is 2. The predicted molar refractivity (Wildman–Crippen MR) is 112 cm³/mol. The monoisotopic (exact) mass is 422 g/mol. The zero-order valence-corrected chi connectivity index (χ0v) is 17.2. The molecule has 0 radical (unpaired) electrons. The summed E-state index contributed by atoms with van der Waals surface area (Å²) < 4.78 is 5.58. The summed E-state index contributed by atoms with van der Waals surface area (Å²) in [4.78, 5) is 51.1. The third-order valence-corrected chi connectivity index (χ3v) is 5.66. The Labute approximate surface area is 178 Å². The van der Waals surface area contributed by atoms with Crippen LogP contribution in [0.15, 0.2) is 42.5 Å². The van der Waals surface area contributed by atoms with E-state index in [1.54, 1.807) is 36.4 Å². The number of aryl methyl sites for hydroxylation is 1. The Morgan fingerprint density at radius 3 is 2.71 bits per heavy atom. The molecular weight excluding hydrogens is 400 g/mol. The Hall–Kier alpha value is -3.88. The van der Waals surface area contributed by atoms with Gasteiger partial charge < -0.3 is 15.4 Å². The highest BCUT2D eigenvalue weighted by Crippen LogP contribution is 2.40. The van der Waals surface area contributed by atoms with Crippen LogP contribution in [-0.2, 0) is 15.1 Å². The number of hydrogen-bond acceptors (Lipinski definition) is 5. The molecule has 31 heavy (non-hydrogen) atoms. The highest BCUT2D eigenvalue weighted by atomic mass is 16.5. The SMILES string of the molecule is Cc1cccc(NC(=O)NC(=O)CN2C(=O)NC3(CCOc4ccccc43)C2=O)c1C. The van der Waals surface area contributed by atoms with Crippen LogP contribution in [0, 0.1) is 13.8 Å². The van der Waals surface area contributed by atoms with Gasteiger partial charge in [-0.3, -0.25) is 19.8 Å². The smallest absolute Gasteiger partial charge is 0.325 e. The fourth-order valence-electron chi connectivity index (χ4n) is 3.87. The van der Waals surface area contributed by atoms with Crippen molar-refractivity contribution < 1.29 is 23.9 Å². The number of fused-ring (bicyclic) bond motifs is 2. The number of benzene rings is 2. The average molecular weight is 422 g/mol. The summed E-state index contributed by atoms with van der Waals surface area (Å²) in [5.41, 5.74) is 1.71. The van der Waals surface area contributed by atoms with E-state index >= 15 is 0 Å². The van der Waals surface area contributed by atoms with E-state index in [4.69, 9.17) is 4.74 Å². The van der Waals surface area contributed by atoms with Crippen LogP contribution in [0.5, 0.6) is 5.75 Å². The van der Waals surface area contributed by atoms with Crippen molar-refractivity contribution in [1.82, 2.24) is 15.5 Å². The lowest BCUT2D eigenvalue weighted by atomic mass is 9.84. The van der Waals surface area contributed by atoms with Gasteiger partial charge in [0.1, 0.15) is 12.3 Å². The van der Waals surface area contributed by atoms with Gasteiger partial charge in [0, 0.05) is 17.7 Å². The maximum absolute atomic E-state index is 13.2. The van der Waals surface area contributed by atoms with Gasteiger partial charge in [-0.1, -0.05) is 30.3 Å². The minimum absolute atomic E-state index is 0.250. The number of rotatable bonds is 3. The van der Waals surface area contributed by atoms with E-state index in [2.05, 4.69) is 16.0 Å². The molecule has 1 saturated heterocycles. The quantitative estimate of drug-likeness (QED) is 0.656. The standard InChI is InChI=1S/C22H22N4O5/c1-13-6-5-8-16(14(13)2)23-20(29)24-18(27)12-26-19(28)22(25-21(26)30)10-11-31-17-9-4-3-7-15(17)22/h3-9H,10-12H2,1-2H3,(H,25,30)(H2,23,24,27,29). The fraction of sp³-hybridized carbons (Fsp3) is 0.273. The Balaban J connectivity index is 1.45. The van der Waals surface area contributed by atoms with Gasteiger partial charge in [0.2, 0.25) is 5.91 Å². The van der Waals surface area contributed by atoms with Gasteiger partial charge in [-0.05, 0) is 37.1 Å². The van der Waals surface area contributed by atoms with Gasteiger partial charge in [0.15, 0.2) is 5.54 Å². The second-order valence-electron chi connectivity index (χ2n) is 7.57. The van der Waals surface area contributed by atoms with Crippen LogP contribution in [0.4, 0.5) is 15.3 Å². The number of carbonyl (C=O) groups excluding carboxylic acids is 4. The minimum atomic E-state index is -1.27. The maximum atomic E-state index is 13.2. The number of carbonyl (C=O) groups is 4. The molecule has 9 nitrogen and oxygen atoms in total. The van der Waals surface area contributed by atoms with E-state index in [-0.39, 0.29) is 13.0 Å². The molecule has 6 amide bonds. The number of nitrogens with one attached hydrogen (secondary N) is 3. The van der Waals surface area contributed by atoms with E-state index in [1.807, 2.05) is 19.9 Å². The molecule has 1 fully saturated rings. The number of anilines is 1. The molecule has 2 aromatic carbocycles. The summed E-state index contributed by atoms with van der Waals surface area (Å²) >= 11 is 0. The Morgan fingerprint density at radius 1 is 1.13 bits per heavy atom. The first-order chi connectivity index (χ1) is 14.8. The highest BCUT2D eigenvalue weighted by molar-refractivity contribution is 6.11. The van der Waals surface area contributed by atoms with Gasteiger partial charge in [0.25, 0.3) is 5.91 Å². The molecule has 0 saturated carbocycles. The van der Waals surface area contributed by atoms with Gasteiger partial charge in [-0.2, -0.15) is 0 Å². The van der Waals surface area contributed by atoms with Crippen LogP contribution in [-0.4, -0.2) is 41.9 Å². The summed E-state index contributed by atoms with van der Waals surface area (Å²) in [6, 6.07) is 11.0. The Bertz CT molecular complexity index is 1100. The topological polar surface area (TPSA) is 117 Å². The number of hydrogen-bond donors (Lipinski definition) is 3. The van der Waals surface area contributed by atoms with Crippen LogP contribution in [0.25, 0.3) is 0 Å². The Kier molecular flexibility index (Phi) is 5.10. The second-order valence-corrected chi connectivity index (χ2v) is 7.57. The summed E-state index contributed by atoms with van der Waals surface area (Å²) in [7, 11) is 0. The molecule has 3 N–H and O–H groups in total. The van der Waals surface area contributed by atoms with Crippen molar-refractivity contribution in [3.05, 3.63) is 59.2 Å². The first kappa shape index (κ1) is 20.4. The maximum Gasteiger partial charge on any atom is 0.325 e. The number of nitrogens with zero attached hydrogens (tertiary/aromatic N) is 1. The van der Waals surface area contributed by atoms with Crippen molar-refractivity contribution in [2.24, 2.45) is 0 Å². The van der Waals surface area contributed by atoms with Crippen molar-refractivity contribution in [1.29, 1.82) is 0 Å². The van der Waals surface area contributed by atoms with Gasteiger partial charge in [-0.15, -0.1) is 0 Å². The van der Waals surface area contributed by atoms with Crippen LogP contribution < -0.4 is 20.7 Å². The molecule has 9 heteroatoms. The van der Waals surface area contributed by atoms with E-state index < -0.39 is 36.0 Å². The third-order valence-electron chi connectivity index (χ3n) is 5.66. The second kappa shape index (κ2) is 7.75. The largest absolute Gasteiger partial charge is 0.493 e. The van der Waals surface area contributed by atoms with Crippen molar-refractivity contribution in [2.45, 2.75) is 25.8 Å². The lowest BCUT2D eigenvalue weighted by Gasteiger charge is -2.33. The zero-order valence-electron chi connectivity index (χ0n) is 17.2. The first-order valence-electron chi connectivity index (χ1n) is 9.85. The van der Waals surface area contributed by atoms with Crippen molar-refractivity contribution in [3.8, 4) is 5.75 Å². The molecule has 2 aromatic rings. The fourth-order valence-corrected chi connectivity index (χ4v) is 3.87. The molecule has 2 heterocycles. The van der Waals surface area contributed by atoms with Crippen LogP contribution in [0.1, 0.15) is 23.1 Å². The molecule has 160 valence electrons. The van der Waals surface area contributed by atoms with E-state index in [0.717, 1.165) is 16.0 Å². The van der Waals surface area contributed by atoms with Crippen molar-refractivity contribution in [2.75, 3.05) is 18.5 Å². The summed E-state index contributed by atoms with van der Waals surface area (Å²) in [5.74, 6) is -0.802. The molecular formula is C22H22N4O5. The number of imide groups is 2. The van der Waals surface area contributed by atoms with Gasteiger partial charge in [0.05, 0.1) is 6.61 Å². The normalized spacial score (nSPS) is 19.5. The van der Waals surface area contributed by atoms with Crippen LogP contribution >= 0.6 is 0 Å². The molecule has 2 aliphatic rings. The summed E-state index contributed by atoms with van der Waals surface area (Å²) in [5, 5.41) is 7.49. The van der Waals surface area contributed by atoms with Crippen LogP contribution in [0.2, 0.25) is 0 Å². The molecule has 1 atom stereocenters. The molecule has 4 rings (SSSR count). The molecule has 0 bridgehead atoms. The molecule has 0 aliphatic carbocycles. The summed E-state index contributed by atoms with van der Waals surface area (Å²) in [6.45, 7) is 3.44. The van der Waals surface area contributed by atoms with Crippen molar-refractivity contribution in [3.63, 3.8) is 0 Å².